The van der Waals surface area contributed by atoms with E-state index in [1.165, 1.54) is 0 Å². The highest BCUT2D eigenvalue weighted by atomic mass is 16.5. The van der Waals surface area contributed by atoms with Crippen molar-refractivity contribution in [2.75, 3.05) is 7.11 Å². The number of methoxy groups -OCH3 is 1. The molecule has 86 valence electrons. The molecule has 2 rings (SSSR count). The predicted molar refractivity (Wildman–Crippen MR) is 69.4 cm³/mol. The fourth-order valence-electron chi connectivity index (χ4n) is 1.74. The van der Waals surface area contributed by atoms with Crippen LogP contribution in [0.15, 0.2) is 48.5 Å². The van der Waals surface area contributed by atoms with Gasteiger partial charge in [0.05, 0.1) is 7.11 Å². The normalized spacial score (nSPS) is 9.94. The minimum absolute atomic E-state index is 0.0711. The van der Waals surface area contributed by atoms with Crippen LogP contribution in [0.25, 0.3) is 11.1 Å². The van der Waals surface area contributed by atoms with E-state index in [0.717, 1.165) is 16.9 Å². The minimum atomic E-state index is 0.0711. The molecule has 3 heteroatoms. The van der Waals surface area contributed by atoms with Crippen LogP contribution < -0.4 is 10.5 Å². The maximum Gasteiger partial charge on any atom is 0.126 e. The van der Waals surface area contributed by atoms with E-state index in [4.69, 9.17) is 15.9 Å². The van der Waals surface area contributed by atoms with E-state index in [1.54, 1.807) is 7.11 Å². The third-order valence-electron chi connectivity index (χ3n) is 2.59. The van der Waals surface area contributed by atoms with Crippen molar-refractivity contribution in [3.05, 3.63) is 54.1 Å². The van der Waals surface area contributed by atoms with Crippen molar-refractivity contribution in [1.29, 1.82) is 5.41 Å². The van der Waals surface area contributed by atoms with Gasteiger partial charge >= 0.3 is 0 Å². The summed E-state index contributed by atoms with van der Waals surface area (Å²) in [7, 11) is 1.65. The summed E-state index contributed by atoms with van der Waals surface area (Å²) < 4.78 is 5.32. The summed E-state index contributed by atoms with van der Waals surface area (Å²) in [6.07, 6.45) is 0. The van der Waals surface area contributed by atoms with Gasteiger partial charge in [0.2, 0.25) is 0 Å². The fraction of sp³-hybridized carbons (Fsp3) is 0.0714. The molecule has 2 aromatic rings. The van der Waals surface area contributed by atoms with Crippen molar-refractivity contribution >= 4 is 5.84 Å². The number of nitrogens with one attached hydrogen (secondary N) is 1. The van der Waals surface area contributed by atoms with Gasteiger partial charge in [-0.1, -0.05) is 36.4 Å². The van der Waals surface area contributed by atoms with Crippen molar-refractivity contribution in [1.82, 2.24) is 0 Å². The summed E-state index contributed by atoms with van der Waals surface area (Å²) in [5, 5.41) is 7.44. The van der Waals surface area contributed by atoms with Gasteiger partial charge in [-0.2, -0.15) is 0 Å². The van der Waals surface area contributed by atoms with Gasteiger partial charge in [0.25, 0.3) is 0 Å². The van der Waals surface area contributed by atoms with Crippen LogP contribution >= 0.6 is 0 Å². The Kier molecular flexibility index (Phi) is 3.10. The maximum absolute atomic E-state index is 7.44. The van der Waals surface area contributed by atoms with Crippen LogP contribution in [-0.2, 0) is 0 Å². The van der Waals surface area contributed by atoms with Crippen molar-refractivity contribution in [3.8, 4) is 16.9 Å². The topological polar surface area (TPSA) is 59.1 Å². The molecule has 3 N–H and O–H groups in total. The number of benzene rings is 2. The van der Waals surface area contributed by atoms with Crippen molar-refractivity contribution in [2.24, 2.45) is 5.73 Å². The quantitative estimate of drug-likeness (QED) is 0.624. The second-order valence-corrected chi connectivity index (χ2v) is 3.69. The molecule has 0 bridgehead atoms. The van der Waals surface area contributed by atoms with Crippen LogP contribution in [0.1, 0.15) is 5.56 Å². The molecule has 0 aliphatic carbocycles. The lowest BCUT2D eigenvalue weighted by Crippen LogP contribution is -2.10. The number of hydrogen-bond donors (Lipinski definition) is 2. The molecule has 0 aliphatic heterocycles. The molecular formula is C14H14N2O. The molecule has 2 aromatic carbocycles. The Morgan fingerprint density at radius 1 is 1.12 bits per heavy atom. The molecule has 0 fully saturated rings. The summed E-state index contributed by atoms with van der Waals surface area (Å²) in [6.45, 7) is 0. The van der Waals surface area contributed by atoms with Gasteiger partial charge in [0.1, 0.15) is 11.6 Å². The first-order chi connectivity index (χ1) is 8.22. The van der Waals surface area contributed by atoms with Crippen LogP contribution in [0.4, 0.5) is 0 Å². The summed E-state index contributed by atoms with van der Waals surface area (Å²) in [5.74, 6) is 0.884. The molecule has 0 amide bonds. The summed E-state index contributed by atoms with van der Waals surface area (Å²) in [6, 6.07) is 15.4. The zero-order valence-electron chi connectivity index (χ0n) is 9.60. The van der Waals surface area contributed by atoms with Gasteiger partial charge < -0.3 is 10.5 Å². The maximum atomic E-state index is 7.44. The molecule has 17 heavy (non-hydrogen) atoms. The summed E-state index contributed by atoms with van der Waals surface area (Å²) in [5.41, 5.74) is 8.19. The largest absolute Gasteiger partial charge is 0.496 e. The van der Waals surface area contributed by atoms with E-state index in [1.807, 2.05) is 48.5 Å². The molecule has 0 heterocycles. The molecule has 3 nitrogen and oxygen atoms in total. The first kappa shape index (κ1) is 11.2. The lowest BCUT2D eigenvalue weighted by molar-refractivity contribution is 0.416. The molecule has 0 unspecified atom stereocenters. The molecular weight excluding hydrogens is 212 g/mol. The van der Waals surface area contributed by atoms with Gasteiger partial charge in [-0.25, -0.2) is 0 Å². The van der Waals surface area contributed by atoms with Crippen LogP contribution in [0.2, 0.25) is 0 Å². The van der Waals surface area contributed by atoms with Gasteiger partial charge in [0.15, 0.2) is 0 Å². The Labute approximate surface area is 100 Å². The van der Waals surface area contributed by atoms with Crippen molar-refractivity contribution < 1.29 is 4.74 Å². The van der Waals surface area contributed by atoms with Gasteiger partial charge in [-0.3, -0.25) is 5.41 Å². The highest BCUT2D eigenvalue weighted by Crippen LogP contribution is 2.29. The lowest BCUT2D eigenvalue weighted by Gasteiger charge is -2.09. The van der Waals surface area contributed by atoms with Gasteiger partial charge in [-0.05, 0) is 17.7 Å². The number of nitrogen functional groups attached to an aromatic ring is 1. The van der Waals surface area contributed by atoms with Crippen LogP contribution in [0.5, 0.6) is 5.75 Å². The first-order valence-electron chi connectivity index (χ1n) is 5.30. The number of ether oxygens (including phenoxy) is 1. The van der Waals surface area contributed by atoms with E-state index in [9.17, 15) is 0 Å². The number of nitrogens with two attached hydrogens (primary N) is 1. The average molecular weight is 226 g/mol. The Hall–Kier alpha value is -2.29. The van der Waals surface area contributed by atoms with Gasteiger partial charge in [-0.15, -0.1) is 0 Å². The Bertz CT molecular complexity index is 549. The monoisotopic (exact) mass is 226 g/mol. The zero-order valence-corrected chi connectivity index (χ0v) is 9.60. The smallest absolute Gasteiger partial charge is 0.126 e. The van der Waals surface area contributed by atoms with Crippen LogP contribution in [0, 0.1) is 5.41 Å². The molecule has 0 aromatic heterocycles. The predicted octanol–water partition coefficient (Wildman–Crippen LogP) is 2.65. The number of hydrogen-bond acceptors (Lipinski definition) is 2. The van der Waals surface area contributed by atoms with E-state index in [0.29, 0.717) is 5.56 Å². The molecule has 0 spiro atoms. The molecule has 0 aliphatic rings. The van der Waals surface area contributed by atoms with E-state index in [2.05, 4.69) is 0 Å². The highest BCUT2D eigenvalue weighted by Gasteiger charge is 2.05. The fourth-order valence-corrected chi connectivity index (χ4v) is 1.74. The van der Waals surface area contributed by atoms with Crippen molar-refractivity contribution in [2.45, 2.75) is 0 Å². The molecule has 0 saturated heterocycles. The average Bonchev–Trinajstić information content (AvgIpc) is 2.39. The first-order valence-corrected chi connectivity index (χ1v) is 5.30. The SMILES string of the molecule is COc1ccccc1-c1cccc(C(=N)N)c1. The third kappa shape index (κ3) is 2.28. The number of rotatable bonds is 3. The van der Waals surface area contributed by atoms with E-state index < -0.39 is 0 Å². The highest BCUT2D eigenvalue weighted by molar-refractivity contribution is 5.96. The second kappa shape index (κ2) is 4.70. The summed E-state index contributed by atoms with van der Waals surface area (Å²) >= 11 is 0. The van der Waals surface area contributed by atoms with Crippen molar-refractivity contribution in [3.63, 3.8) is 0 Å². The third-order valence-corrected chi connectivity index (χ3v) is 2.59. The van der Waals surface area contributed by atoms with E-state index in [-0.39, 0.29) is 5.84 Å². The zero-order chi connectivity index (χ0) is 12.3. The van der Waals surface area contributed by atoms with Crippen LogP contribution in [0.3, 0.4) is 0 Å². The van der Waals surface area contributed by atoms with E-state index >= 15 is 0 Å². The molecule has 0 saturated carbocycles. The number of para-hydroxylation sites is 1. The Morgan fingerprint density at radius 2 is 1.88 bits per heavy atom. The molecule has 0 radical (unpaired) electrons. The minimum Gasteiger partial charge on any atom is -0.496 e. The molecule has 0 atom stereocenters. The Balaban J connectivity index is 2.52. The van der Waals surface area contributed by atoms with Crippen LogP contribution in [-0.4, -0.2) is 12.9 Å². The number of amidine groups is 1. The second-order valence-electron chi connectivity index (χ2n) is 3.69. The summed E-state index contributed by atoms with van der Waals surface area (Å²) in [4.78, 5) is 0. The standard InChI is InChI=1S/C14H14N2O/c1-17-13-8-3-2-7-12(13)10-5-4-6-11(9-10)14(15)16/h2-9H,1H3,(H3,15,16). The lowest BCUT2D eigenvalue weighted by atomic mass is 10.0. The Morgan fingerprint density at radius 3 is 2.59 bits per heavy atom. The van der Waals surface area contributed by atoms with Gasteiger partial charge in [0, 0.05) is 11.1 Å².